The number of fused-ring (bicyclic) bond motifs is 2. The van der Waals surface area contributed by atoms with Gasteiger partial charge in [-0.05, 0) is 39.5 Å². The van der Waals surface area contributed by atoms with Crippen LogP contribution in [0.25, 0.3) is 0 Å². The molecule has 0 N–H and O–H groups in total. The Balaban J connectivity index is 1.67. The minimum absolute atomic E-state index is 0.0699. The highest BCUT2D eigenvalue weighted by atomic mass is 16.5. The Morgan fingerprint density at radius 1 is 1.10 bits per heavy atom. The molecule has 2 bridgehead atoms. The first kappa shape index (κ1) is 14.1. The average Bonchev–Trinajstić information content (AvgIpc) is 2.36. The molecule has 1 aliphatic heterocycles. The van der Waals surface area contributed by atoms with Gasteiger partial charge in [0.1, 0.15) is 5.78 Å². The largest absolute Gasteiger partial charge is 0.372 e. The van der Waals surface area contributed by atoms with Gasteiger partial charge in [-0.3, -0.25) is 9.59 Å². The first-order valence-corrected chi connectivity index (χ1v) is 8.02. The molecule has 0 aromatic carbocycles. The minimum Gasteiger partial charge on any atom is -0.372 e. The van der Waals surface area contributed by atoms with E-state index in [1.165, 1.54) is 0 Å². The van der Waals surface area contributed by atoms with Gasteiger partial charge >= 0.3 is 0 Å². The lowest BCUT2D eigenvalue weighted by molar-refractivity contribution is -0.152. The molecule has 2 aliphatic carbocycles. The third-order valence-electron chi connectivity index (χ3n) is 5.13. The van der Waals surface area contributed by atoms with Crippen LogP contribution in [0.5, 0.6) is 0 Å². The summed E-state index contributed by atoms with van der Waals surface area (Å²) in [5.74, 6) is 1.08. The molecule has 2 saturated carbocycles. The first-order valence-electron chi connectivity index (χ1n) is 8.02. The molecule has 1 amide bonds. The number of morpholine rings is 1. The Hall–Kier alpha value is -0.900. The van der Waals surface area contributed by atoms with Gasteiger partial charge in [-0.15, -0.1) is 0 Å². The van der Waals surface area contributed by atoms with E-state index < -0.39 is 0 Å². The molecule has 0 spiro atoms. The lowest BCUT2D eigenvalue weighted by Gasteiger charge is -2.41. The molecular weight excluding hydrogens is 254 g/mol. The van der Waals surface area contributed by atoms with Crippen molar-refractivity contribution >= 4 is 11.7 Å². The van der Waals surface area contributed by atoms with Crippen LogP contribution in [0.4, 0.5) is 0 Å². The fraction of sp³-hybridized carbons (Fsp3) is 0.875. The van der Waals surface area contributed by atoms with Crippen LogP contribution in [0.1, 0.15) is 46.0 Å². The van der Waals surface area contributed by atoms with Gasteiger partial charge in [-0.2, -0.15) is 0 Å². The fourth-order valence-electron chi connectivity index (χ4n) is 4.30. The molecule has 4 heteroatoms. The average molecular weight is 279 g/mol. The summed E-state index contributed by atoms with van der Waals surface area (Å²) in [6, 6.07) is 0. The van der Waals surface area contributed by atoms with E-state index in [0.717, 1.165) is 32.1 Å². The molecule has 0 aromatic rings. The van der Waals surface area contributed by atoms with Crippen LogP contribution in [-0.2, 0) is 14.3 Å². The Bertz CT molecular complexity index is 383. The quantitative estimate of drug-likeness (QED) is 0.737. The molecule has 1 saturated heterocycles. The number of carbonyl (C=O) groups excluding carboxylic acids is 2. The molecule has 20 heavy (non-hydrogen) atoms. The first-order chi connectivity index (χ1) is 9.54. The van der Waals surface area contributed by atoms with Crippen molar-refractivity contribution in [1.29, 1.82) is 0 Å². The summed E-state index contributed by atoms with van der Waals surface area (Å²) in [4.78, 5) is 26.8. The van der Waals surface area contributed by atoms with Crippen molar-refractivity contribution in [3.05, 3.63) is 0 Å². The Labute approximate surface area is 120 Å². The highest BCUT2D eigenvalue weighted by molar-refractivity contribution is 5.88. The van der Waals surface area contributed by atoms with Crippen molar-refractivity contribution in [2.45, 2.75) is 58.2 Å². The molecule has 1 unspecified atom stereocenters. The topological polar surface area (TPSA) is 46.6 Å². The molecule has 112 valence electrons. The Morgan fingerprint density at radius 3 is 2.20 bits per heavy atom. The molecule has 5 atom stereocenters. The zero-order valence-corrected chi connectivity index (χ0v) is 12.5. The number of ether oxygens (including phenoxy) is 1. The summed E-state index contributed by atoms with van der Waals surface area (Å²) in [7, 11) is 0. The molecular formula is C16H25NO3. The second-order valence-electron chi connectivity index (χ2n) is 6.90. The predicted octanol–water partition coefficient (Wildman–Crippen LogP) is 2.02. The number of amides is 1. The maximum absolute atomic E-state index is 12.7. The monoisotopic (exact) mass is 279 g/mol. The summed E-state index contributed by atoms with van der Waals surface area (Å²) < 4.78 is 5.70. The van der Waals surface area contributed by atoms with E-state index in [1.54, 1.807) is 0 Å². The maximum atomic E-state index is 12.7. The smallest absolute Gasteiger partial charge is 0.225 e. The molecule has 0 radical (unpaired) electrons. The zero-order valence-electron chi connectivity index (χ0n) is 12.5. The van der Waals surface area contributed by atoms with E-state index in [4.69, 9.17) is 4.74 Å². The molecule has 3 rings (SSSR count). The third-order valence-corrected chi connectivity index (χ3v) is 5.13. The van der Waals surface area contributed by atoms with E-state index in [1.807, 2.05) is 18.7 Å². The third kappa shape index (κ3) is 2.62. The van der Waals surface area contributed by atoms with Gasteiger partial charge in [-0.1, -0.05) is 6.42 Å². The standard InChI is InChI=1S/C16H25NO3/c1-10-8-17(9-11(2)20-10)16(19)14-6-12-4-3-5-13(7-14)15(12)18/h10-14H,3-9H2,1-2H3/t10-,11+,12-,13+,14?. The van der Waals surface area contributed by atoms with Crippen molar-refractivity contribution in [1.82, 2.24) is 4.90 Å². The number of rotatable bonds is 1. The summed E-state index contributed by atoms with van der Waals surface area (Å²) in [5.41, 5.74) is 0. The van der Waals surface area contributed by atoms with Gasteiger partial charge in [0.25, 0.3) is 0 Å². The van der Waals surface area contributed by atoms with Crippen LogP contribution < -0.4 is 0 Å². The van der Waals surface area contributed by atoms with Gasteiger partial charge in [-0.25, -0.2) is 0 Å². The minimum atomic E-state index is 0.0699. The molecule has 1 heterocycles. The number of hydrogen-bond donors (Lipinski definition) is 0. The lowest BCUT2D eigenvalue weighted by Crippen LogP contribution is -2.52. The molecule has 4 nitrogen and oxygen atoms in total. The zero-order chi connectivity index (χ0) is 14.3. The van der Waals surface area contributed by atoms with E-state index in [2.05, 4.69) is 0 Å². The Kier molecular flexibility index (Phi) is 3.85. The fourth-order valence-corrected chi connectivity index (χ4v) is 4.30. The highest BCUT2D eigenvalue weighted by Gasteiger charge is 2.43. The number of hydrogen-bond acceptors (Lipinski definition) is 3. The molecule has 0 aromatic heterocycles. The number of carbonyl (C=O) groups is 2. The van der Waals surface area contributed by atoms with Crippen LogP contribution in [-0.4, -0.2) is 41.9 Å². The lowest BCUT2D eigenvalue weighted by atomic mass is 9.67. The predicted molar refractivity (Wildman–Crippen MR) is 75.2 cm³/mol. The van der Waals surface area contributed by atoms with Crippen molar-refractivity contribution in [3.8, 4) is 0 Å². The SMILES string of the molecule is C[C@@H]1CN(C(=O)C2C[C@H]3CCC[C@@H](C2)C3=O)C[C@H](C)O1. The summed E-state index contributed by atoms with van der Waals surface area (Å²) in [6.45, 7) is 5.44. The number of Topliss-reactive ketones (excluding diaryl/α,β-unsaturated/α-hetero) is 1. The number of ketones is 1. The van der Waals surface area contributed by atoms with Gasteiger partial charge in [0.2, 0.25) is 5.91 Å². The van der Waals surface area contributed by atoms with Gasteiger partial charge < -0.3 is 9.64 Å². The summed E-state index contributed by atoms with van der Waals surface area (Å²) >= 11 is 0. The van der Waals surface area contributed by atoms with E-state index in [0.29, 0.717) is 18.9 Å². The van der Waals surface area contributed by atoms with Crippen LogP contribution in [0.2, 0.25) is 0 Å². The summed E-state index contributed by atoms with van der Waals surface area (Å²) in [5, 5.41) is 0. The van der Waals surface area contributed by atoms with Crippen molar-refractivity contribution in [3.63, 3.8) is 0 Å². The van der Waals surface area contributed by atoms with Crippen LogP contribution in [0, 0.1) is 17.8 Å². The molecule has 3 aliphatic rings. The Morgan fingerprint density at radius 2 is 1.65 bits per heavy atom. The normalized spacial score (nSPS) is 41.6. The van der Waals surface area contributed by atoms with Crippen molar-refractivity contribution in [2.24, 2.45) is 17.8 Å². The maximum Gasteiger partial charge on any atom is 0.225 e. The second-order valence-corrected chi connectivity index (χ2v) is 6.90. The molecule has 3 fully saturated rings. The van der Waals surface area contributed by atoms with E-state index >= 15 is 0 Å². The highest BCUT2D eigenvalue weighted by Crippen LogP contribution is 2.40. The van der Waals surface area contributed by atoms with E-state index in [9.17, 15) is 9.59 Å². The van der Waals surface area contributed by atoms with Gasteiger partial charge in [0.05, 0.1) is 12.2 Å². The van der Waals surface area contributed by atoms with E-state index in [-0.39, 0.29) is 35.9 Å². The van der Waals surface area contributed by atoms with Gasteiger partial charge in [0, 0.05) is 30.8 Å². The second kappa shape index (κ2) is 5.47. The van der Waals surface area contributed by atoms with Crippen LogP contribution in [0.15, 0.2) is 0 Å². The summed E-state index contributed by atoms with van der Waals surface area (Å²) in [6.07, 6.45) is 4.96. The van der Waals surface area contributed by atoms with Crippen molar-refractivity contribution in [2.75, 3.05) is 13.1 Å². The van der Waals surface area contributed by atoms with Gasteiger partial charge in [0.15, 0.2) is 0 Å². The van der Waals surface area contributed by atoms with Crippen molar-refractivity contribution < 1.29 is 14.3 Å². The van der Waals surface area contributed by atoms with Crippen LogP contribution in [0.3, 0.4) is 0 Å². The number of nitrogens with zero attached hydrogens (tertiary/aromatic N) is 1. The van der Waals surface area contributed by atoms with Crippen LogP contribution >= 0.6 is 0 Å².